The maximum absolute atomic E-state index is 11.9. The van der Waals surface area contributed by atoms with Gasteiger partial charge < -0.3 is 10.1 Å². The summed E-state index contributed by atoms with van der Waals surface area (Å²) in [5, 5.41) is 9.58. The molecular weight excluding hydrogens is 306 g/mol. The van der Waals surface area contributed by atoms with Crippen molar-refractivity contribution in [3.8, 4) is 17.1 Å². The van der Waals surface area contributed by atoms with Gasteiger partial charge in [0.1, 0.15) is 11.6 Å². The summed E-state index contributed by atoms with van der Waals surface area (Å²) in [6, 6.07) is 7.60. The Morgan fingerprint density at radius 1 is 1.17 bits per heavy atom. The van der Waals surface area contributed by atoms with E-state index < -0.39 is 0 Å². The largest absolute Gasteiger partial charge is 0.496 e. The topological polar surface area (TPSA) is 92.8 Å². The van der Waals surface area contributed by atoms with Crippen LogP contribution in [0.3, 0.4) is 0 Å². The van der Waals surface area contributed by atoms with Crippen molar-refractivity contribution in [1.29, 1.82) is 0 Å². The van der Waals surface area contributed by atoms with Crippen LogP contribution in [-0.4, -0.2) is 33.2 Å². The molecule has 1 amide bonds. The Bertz CT molecular complexity index is 888. The normalized spacial score (nSPS) is 16.4. The van der Waals surface area contributed by atoms with Gasteiger partial charge in [-0.3, -0.25) is 9.89 Å². The van der Waals surface area contributed by atoms with Crippen LogP contribution in [0.25, 0.3) is 11.4 Å². The summed E-state index contributed by atoms with van der Waals surface area (Å²) in [7, 11) is 1.62. The summed E-state index contributed by atoms with van der Waals surface area (Å²) in [5.41, 5.74) is 2.66. The predicted octanol–water partition coefficient (Wildman–Crippen LogP) is 2.35. The van der Waals surface area contributed by atoms with E-state index in [2.05, 4.69) is 25.5 Å². The first-order valence-corrected chi connectivity index (χ1v) is 7.54. The van der Waals surface area contributed by atoms with Crippen LogP contribution in [0.15, 0.2) is 42.9 Å². The molecule has 0 saturated heterocycles. The van der Waals surface area contributed by atoms with Gasteiger partial charge in [-0.15, -0.1) is 0 Å². The predicted molar refractivity (Wildman–Crippen MR) is 87.7 cm³/mol. The van der Waals surface area contributed by atoms with Crippen molar-refractivity contribution in [1.82, 2.24) is 20.2 Å². The molecule has 1 aromatic carbocycles. The molecule has 3 heterocycles. The van der Waals surface area contributed by atoms with Crippen LogP contribution in [0, 0.1) is 0 Å². The minimum Gasteiger partial charge on any atom is -0.496 e. The zero-order valence-electron chi connectivity index (χ0n) is 13.0. The summed E-state index contributed by atoms with van der Waals surface area (Å²) in [4.78, 5) is 20.8. The van der Waals surface area contributed by atoms with Crippen molar-refractivity contribution < 1.29 is 9.53 Å². The number of carbonyl (C=O) groups excluding carboxylic acids is 1. The molecular formula is C17H15N5O2. The number of aromatic nitrogens is 4. The Hall–Kier alpha value is -3.22. The van der Waals surface area contributed by atoms with Gasteiger partial charge in [-0.1, -0.05) is 12.1 Å². The molecule has 2 N–H and O–H groups in total. The van der Waals surface area contributed by atoms with Crippen LogP contribution in [0.4, 0.5) is 5.82 Å². The van der Waals surface area contributed by atoms with Gasteiger partial charge >= 0.3 is 0 Å². The van der Waals surface area contributed by atoms with Crippen molar-refractivity contribution >= 4 is 11.7 Å². The molecule has 7 nitrogen and oxygen atoms in total. The summed E-state index contributed by atoms with van der Waals surface area (Å²) >= 11 is 0. The monoisotopic (exact) mass is 321 g/mol. The first kappa shape index (κ1) is 14.4. The molecule has 7 heteroatoms. The molecule has 120 valence electrons. The molecule has 1 unspecified atom stereocenters. The molecule has 1 aliphatic rings. The van der Waals surface area contributed by atoms with Crippen LogP contribution in [0.5, 0.6) is 5.75 Å². The van der Waals surface area contributed by atoms with Gasteiger partial charge in [0.15, 0.2) is 5.82 Å². The molecule has 2 aromatic heterocycles. The second-order valence-electron chi connectivity index (χ2n) is 5.55. The van der Waals surface area contributed by atoms with Crippen LogP contribution in [0.2, 0.25) is 0 Å². The smallest absolute Gasteiger partial charge is 0.226 e. The Balaban J connectivity index is 1.69. The molecule has 0 aliphatic carbocycles. The molecule has 1 aliphatic heterocycles. The third-order valence-corrected chi connectivity index (χ3v) is 4.12. The number of benzene rings is 1. The molecule has 4 rings (SSSR count). The Morgan fingerprint density at radius 3 is 2.75 bits per heavy atom. The van der Waals surface area contributed by atoms with Crippen molar-refractivity contribution in [2.45, 2.75) is 12.3 Å². The van der Waals surface area contributed by atoms with Gasteiger partial charge in [0, 0.05) is 30.3 Å². The second kappa shape index (κ2) is 5.77. The number of anilines is 1. The van der Waals surface area contributed by atoms with Crippen molar-refractivity contribution in [2.24, 2.45) is 0 Å². The number of amides is 1. The number of hydrogen-bond donors (Lipinski definition) is 2. The van der Waals surface area contributed by atoms with Gasteiger partial charge in [-0.05, 0) is 17.7 Å². The molecule has 0 radical (unpaired) electrons. The van der Waals surface area contributed by atoms with E-state index in [9.17, 15) is 4.79 Å². The second-order valence-corrected chi connectivity index (χ2v) is 5.55. The Morgan fingerprint density at radius 2 is 1.96 bits per heavy atom. The zero-order valence-corrected chi connectivity index (χ0v) is 13.0. The van der Waals surface area contributed by atoms with E-state index in [1.807, 2.05) is 24.3 Å². The number of carbonyl (C=O) groups is 1. The number of hydrogen-bond acceptors (Lipinski definition) is 5. The van der Waals surface area contributed by atoms with Crippen molar-refractivity contribution in [2.75, 3.05) is 12.4 Å². The summed E-state index contributed by atoms with van der Waals surface area (Å²) < 4.78 is 5.35. The third-order valence-electron chi connectivity index (χ3n) is 4.12. The lowest BCUT2D eigenvalue weighted by Crippen LogP contribution is -2.23. The minimum atomic E-state index is -0.0979. The van der Waals surface area contributed by atoms with Gasteiger partial charge in [0.2, 0.25) is 5.91 Å². The highest BCUT2D eigenvalue weighted by Gasteiger charge is 2.28. The number of nitrogens with one attached hydrogen (secondary N) is 2. The molecule has 24 heavy (non-hydrogen) atoms. The van der Waals surface area contributed by atoms with Crippen LogP contribution < -0.4 is 10.1 Å². The Kier molecular flexibility index (Phi) is 3.45. The van der Waals surface area contributed by atoms with E-state index in [-0.39, 0.29) is 11.8 Å². The number of fused-ring (bicyclic) bond motifs is 1. The molecule has 3 aromatic rings. The van der Waals surface area contributed by atoms with E-state index in [4.69, 9.17) is 4.74 Å². The summed E-state index contributed by atoms with van der Waals surface area (Å²) in [6.45, 7) is 0. The molecule has 1 atom stereocenters. The molecule has 0 saturated carbocycles. The van der Waals surface area contributed by atoms with E-state index >= 15 is 0 Å². The lowest BCUT2D eigenvalue weighted by Gasteiger charge is -2.21. The summed E-state index contributed by atoms with van der Waals surface area (Å²) in [6.07, 6.45) is 5.60. The number of H-pyrrole nitrogens is 1. The molecule has 0 fully saturated rings. The highest BCUT2D eigenvalue weighted by atomic mass is 16.5. The maximum atomic E-state index is 11.9. The fraction of sp³-hybridized carbons (Fsp3) is 0.176. The molecule has 0 bridgehead atoms. The number of ether oxygens (including phenoxy) is 1. The fourth-order valence-corrected chi connectivity index (χ4v) is 2.93. The van der Waals surface area contributed by atoms with Crippen LogP contribution >= 0.6 is 0 Å². The standard InChI is InChI=1S/C17H15N5O2/c1-24-14-5-3-2-4-11(14)16-18-7-10(8-19-16)12-6-15(23)21-17-13(12)9-20-22-17/h2-5,7-9,12H,6H2,1H3,(H2,20,21,22,23). The summed E-state index contributed by atoms with van der Waals surface area (Å²) in [5.74, 6) is 1.80. The SMILES string of the molecule is COc1ccccc1-c1ncc(C2CC(=O)Nc3[nH]ncc32)cn1. The number of para-hydroxylation sites is 1. The number of aromatic amines is 1. The first-order chi connectivity index (χ1) is 11.8. The average molecular weight is 321 g/mol. The van der Waals surface area contributed by atoms with E-state index in [0.717, 1.165) is 22.4 Å². The van der Waals surface area contributed by atoms with E-state index in [1.54, 1.807) is 25.7 Å². The zero-order chi connectivity index (χ0) is 16.5. The quantitative estimate of drug-likeness (QED) is 0.772. The van der Waals surface area contributed by atoms with Gasteiger partial charge in [-0.25, -0.2) is 9.97 Å². The van der Waals surface area contributed by atoms with Crippen molar-refractivity contribution in [3.63, 3.8) is 0 Å². The highest BCUT2D eigenvalue weighted by Crippen LogP contribution is 2.35. The van der Waals surface area contributed by atoms with Crippen LogP contribution in [0.1, 0.15) is 23.5 Å². The van der Waals surface area contributed by atoms with Crippen molar-refractivity contribution in [3.05, 3.63) is 54.0 Å². The average Bonchev–Trinajstić information content (AvgIpc) is 3.09. The number of methoxy groups -OCH3 is 1. The minimum absolute atomic E-state index is 0.0504. The number of rotatable bonds is 3. The third kappa shape index (κ3) is 2.40. The Labute approximate surface area is 138 Å². The lowest BCUT2D eigenvalue weighted by molar-refractivity contribution is -0.116. The number of nitrogens with zero attached hydrogens (tertiary/aromatic N) is 3. The maximum Gasteiger partial charge on any atom is 0.226 e. The van der Waals surface area contributed by atoms with Crippen LogP contribution in [-0.2, 0) is 4.79 Å². The van der Waals surface area contributed by atoms with E-state index in [0.29, 0.717) is 18.1 Å². The van der Waals surface area contributed by atoms with Gasteiger partial charge in [0.05, 0.1) is 18.9 Å². The molecule has 0 spiro atoms. The first-order valence-electron chi connectivity index (χ1n) is 7.54. The highest BCUT2D eigenvalue weighted by molar-refractivity contribution is 5.94. The van der Waals surface area contributed by atoms with Gasteiger partial charge in [-0.2, -0.15) is 5.10 Å². The lowest BCUT2D eigenvalue weighted by atomic mass is 9.89. The fourth-order valence-electron chi connectivity index (χ4n) is 2.93. The van der Waals surface area contributed by atoms with E-state index in [1.165, 1.54) is 0 Å². The van der Waals surface area contributed by atoms with Gasteiger partial charge in [0.25, 0.3) is 0 Å².